The molecule has 0 bridgehead atoms. The monoisotopic (exact) mass is 172 g/mol. The highest BCUT2D eigenvalue weighted by molar-refractivity contribution is 7.80. The Labute approximate surface area is 74.0 Å². The SMILES string of the molecule is CC(=S)NCCN1CCCC1. The Kier molecular flexibility index (Phi) is 3.80. The molecule has 0 aromatic rings. The van der Waals surface area contributed by atoms with Crippen molar-refractivity contribution in [3.8, 4) is 0 Å². The summed E-state index contributed by atoms with van der Waals surface area (Å²) < 4.78 is 0. The van der Waals surface area contributed by atoms with Crippen molar-refractivity contribution in [2.24, 2.45) is 0 Å². The highest BCUT2D eigenvalue weighted by Crippen LogP contribution is 2.05. The normalized spacial score (nSPS) is 18.6. The van der Waals surface area contributed by atoms with E-state index in [0.717, 1.165) is 18.1 Å². The molecule has 11 heavy (non-hydrogen) atoms. The molecule has 1 saturated heterocycles. The first-order valence-electron chi connectivity index (χ1n) is 4.26. The zero-order chi connectivity index (χ0) is 8.10. The van der Waals surface area contributed by atoms with Crippen LogP contribution >= 0.6 is 12.2 Å². The number of hydrogen-bond donors (Lipinski definition) is 1. The zero-order valence-electron chi connectivity index (χ0n) is 7.10. The van der Waals surface area contributed by atoms with Gasteiger partial charge in [-0.2, -0.15) is 0 Å². The lowest BCUT2D eigenvalue weighted by Gasteiger charge is -2.14. The van der Waals surface area contributed by atoms with Gasteiger partial charge >= 0.3 is 0 Å². The van der Waals surface area contributed by atoms with Crippen LogP contribution in [0, 0.1) is 0 Å². The molecule has 64 valence electrons. The molecule has 0 atom stereocenters. The minimum absolute atomic E-state index is 0.907. The van der Waals surface area contributed by atoms with Crippen LogP contribution in [-0.2, 0) is 0 Å². The molecule has 1 aliphatic rings. The Morgan fingerprint density at radius 2 is 2.09 bits per heavy atom. The van der Waals surface area contributed by atoms with Gasteiger partial charge in [0.05, 0.1) is 4.99 Å². The van der Waals surface area contributed by atoms with Crippen molar-refractivity contribution in [3.05, 3.63) is 0 Å². The van der Waals surface area contributed by atoms with Gasteiger partial charge in [0.15, 0.2) is 0 Å². The van der Waals surface area contributed by atoms with Gasteiger partial charge in [0, 0.05) is 13.1 Å². The minimum atomic E-state index is 0.907. The van der Waals surface area contributed by atoms with Gasteiger partial charge in [0.25, 0.3) is 0 Å². The van der Waals surface area contributed by atoms with Gasteiger partial charge in [-0.15, -0.1) is 0 Å². The second kappa shape index (κ2) is 4.67. The summed E-state index contributed by atoms with van der Waals surface area (Å²) in [6.45, 7) is 6.64. The summed E-state index contributed by atoms with van der Waals surface area (Å²) >= 11 is 4.91. The number of likely N-dealkylation sites (tertiary alicyclic amines) is 1. The zero-order valence-corrected chi connectivity index (χ0v) is 7.91. The number of rotatable bonds is 3. The number of thiocarbonyl (C=S) groups is 1. The Morgan fingerprint density at radius 3 is 2.64 bits per heavy atom. The van der Waals surface area contributed by atoms with Gasteiger partial charge in [-0.05, 0) is 32.9 Å². The van der Waals surface area contributed by atoms with E-state index in [0.29, 0.717) is 0 Å². The van der Waals surface area contributed by atoms with Crippen LogP contribution in [0.15, 0.2) is 0 Å². The van der Waals surface area contributed by atoms with E-state index >= 15 is 0 Å². The van der Waals surface area contributed by atoms with Crippen molar-refractivity contribution in [2.75, 3.05) is 26.2 Å². The fourth-order valence-corrected chi connectivity index (χ4v) is 1.50. The van der Waals surface area contributed by atoms with Crippen LogP contribution in [0.4, 0.5) is 0 Å². The van der Waals surface area contributed by atoms with Crippen molar-refractivity contribution >= 4 is 17.2 Å². The highest BCUT2D eigenvalue weighted by atomic mass is 32.1. The van der Waals surface area contributed by atoms with Crippen molar-refractivity contribution in [2.45, 2.75) is 19.8 Å². The highest BCUT2D eigenvalue weighted by Gasteiger charge is 2.09. The van der Waals surface area contributed by atoms with E-state index in [2.05, 4.69) is 10.2 Å². The van der Waals surface area contributed by atoms with E-state index in [-0.39, 0.29) is 0 Å². The standard InChI is InChI=1S/C8H16N2S/c1-8(11)9-4-7-10-5-2-3-6-10/h2-7H2,1H3,(H,9,11). The smallest absolute Gasteiger partial charge is 0.0722 e. The summed E-state index contributed by atoms with van der Waals surface area (Å²) in [6.07, 6.45) is 2.74. The lowest BCUT2D eigenvalue weighted by molar-refractivity contribution is 0.344. The maximum Gasteiger partial charge on any atom is 0.0722 e. The number of hydrogen-bond acceptors (Lipinski definition) is 2. The van der Waals surface area contributed by atoms with Gasteiger partial charge in [0.2, 0.25) is 0 Å². The van der Waals surface area contributed by atoms with E-state index in [1.807, 2.05) is 6.92 Å². The molecule has 0 spiro atoms. The average Bonchev–Trinajstić information content (AvgIpc) is 2.39. The third kappa shape index (κ3) is 3.68. The molecule has 2 nitrogen and oxygen atoms in total. The van der Waals surface area contributed by atoms with Gasteiger partial charge < -0.3 is 10.2 Å². The molecule has 0 radical (unpaired) electrons. The Balaban J connectivity index is 1.98. The largest absolute Gasteiger partial charge is 0.379 e. The molecule has 0 amide bonds. The molecule has 0 unspecified atom stereocenters. The van der Waals surface area contributed by atoms with Crippen molar-refractivity contribution in [3.63, 3.8) is 0 Å². The lowest BCUT2D eigenvalue weighted by Crippen LogP contribution is -2.31. The van der Waals surface area contributed by atoms with E-state index < -0.39 is 0 Å². The minimum Gasteiger partial charge on any atom is -0.379 e. The Bertz CT molecular complexity index is 130. The Morgan fingerprint density at radius 1 is 1.45 bits per heavy atom. The first-order chi connectivity index (χ1) is 5.29. The number of nitrogens with one attached hydrogen (secondary N) is 1. The fourth-order valence-electron chi connectivity index (χ4n) is 1.40. The molecule has 1 heterocycles. The average molecular weight is 172 g/mol. The predicted octanol–water partition coefficient (Wildman–Crippen LogP) is 1.02. The van der Waals surface area contributed by atoms with E-state index in [1.165, 1.54) is 25.9 Å². The second-order valence-corrected chi connectivity index (χ2v) is 3.64. The first-order valence-corrected chi connectivity index (χ1v) is 4.66. The first kappa shape index (κ1) is 8.94. The number of nitrogens with zero attached hydrogens (tertiary/aromatic N) is 1. The summed E-state index contributed by atoms with van der Waals surface area (Å²) in [6, 6.07) is 0. The van der Waals surface area contributed by atoms with Crippen LogP contribution in [0.1, 0.15) is 19.8 Å². The van der Waals surface area contributed by atoms with Crippen LogP contribution in [0.25, 0.3) is 0 Å². The predicted molar refractivity (Wildman–Crippen MR) is 51.9 cm³/mol. The van der Waals surface area contributed by atoms with Gasteiger partial charge in [-0.3, -0.25) is 0 Å². The van der Waals surface area contributed by atoms with Crippen molar-refractivity contribution in [1.29, 1.82) is 0 Å². The van der Waals surface area contributed by atoms with Gasteiger partial charge in [-0.25, -0.2) is 0 Å². The molecular formula is C8H16N2S. The quantitative estimate of drug-likeness (QED) is 0.640. The van der Waals surface area contributed by atoms with Crippen molar-refractivity contribution in [1.82, 2.24) is 10.2 Å². The molecule has 1 aliphatic heterocycles. The van der Waals surface area contributed by atoms with Crippen LogP contribution in [0.3, 0.4) is 0 Å². The summed E-state index contributed by atoms with van der Waals surface area (Å²) in [7, 11) is 0. The van der Waals surface area contributed by atoms with Crippen LogP contribution < -0.4 is 5.32 Å². The van der Waals surface area contributed by atoms with E-state index in [4.69, 9.17) is 12.2 Å². The van der Waals surface area contributed by atoms with Gasteiger partial charge in [0.1, 0.15) is 0 Å². The van der Waals surface area contributed by atoms with E-state index in [1.54, 1.807) is 0 Å². The van der Waals surface area contributed by atoms with Crippen LogP contribution in [-0.4, -0.2) is 36.1 Å². The molecule has 1 fully saturated rings. The van der Waals surface area contributed by atoms with Crippen molar-refractivity contribution < 1.29 is 0 Å². The Hall–Kier alpha value is -0.150. The topological polar surface area (TPSA) is 15.3 Å². The maximum atomic E-state index is 4.91. The second-order valence-electron chi connectivity index (χ2n) is 3.03. The summed E-state index contributed by atoms with van der Waals surface area (Å²) in [5.41, 5.74) is 0. The van der Waals surface area contributed by atoms with Crippen LogP contribution in [0.2, 0.25) is 0 Å². The molecule has 3 heteroatoms. The van der Waals surface area contributed by atoms with E-state index in [9.17, 15) is 0 Å². The molecule has 0 aromatic carbocycles. The van der Waals surface area contributed by atoms with Crippen LogP contribution in [0.5, 0.6) is 0 Å². The maximum absolute atomic E-state index is 4.91. The fraction of sp³-hybridized carbons (Fsp3) is 0.875. The molecule has 1 N–H and O–H groups in total. The molecule has 0 aromatic heterocycles. The summed E-state index contributed by atoms with van der Waals surface area (Å²) in [5.74, 6) is 0. The molecule has 0 aliphatic carbocycles. The lowest BCUT2D eigenvalue weighted by atomic mass is 10.4. The summed E-state index contributed by atoms with van der Waals surface area (Å²) in [5, 5.41) is 3.16. The summed E-state index contributed by atoms with van der Waals surface area (Å²) in [4.78, 5) is 3.38. The molecule has 0 saturated carbocycles. The third-order valence-corrected chi connectivity index (χ3v) is 2.14. The third-order valence-electron chi connectivity index (χ3n) is 2.00. The van der Waals surface area contributed by atoms with Gasteiger partial charge in [-0.1, -0.05) is 12.2 Å². The molecular weight excluding hydrogens is 156 g/mol. The molecule has 1 rings (SSSR count).